The summed E-state index contributed by atoms with van der Waals surface area (Å²) in [5, 5.41) is 8.30. The van der Waals surface area contributed by atoms with Gasteiger partial charge in [-0.1, -0.05) is 18.2 Å². The van der Waals surface area contributed by atoms with Crippen LogP contribution in [0.25, 0.3) is 33.4 Å². The first-order valence-corrected chi connectivity index (χ1v) is 10.6. The van der Waals surface area contributed by atoms with Gasteiger partial charge in [-0.3, -0.25) is 9.89 Å². The fraction of sp³-hybridized carbons (Fsp3) is 0.240. The van der Waals surface area contributed by atoms with E-state index in [0.29, 0.717) is 23.4 Å². The largest absolute Gasteiger partial charge is 0.496 e. The highest BCUT2D eigenvalue weighted by Gasteiger charge is 2.20. The molecule has 2 heterocycles. The minimum Gasteiger partial charge on any atom is -0.496 e. The van der Waals surface area contributed by atoms with Gasteiger partial charge in [0, 0.05) is 41.0 Å². The number of aromatic amines is 1. The van der Waals surface area contributed by atoms with Crippen LogP contribution in [0.15, 0.2) is 54.7 Å². The standard InChI is InChI=1S/C25H27N5O2/c1-5-30(15(2)3)25(31)19-12-16(10-11-21(19)26)17-13-20-23(28-29-24(20)27-14-17)18-8-6-7-9-22(18)32-4/h6-15H,5,26H2,1-4H3,(H,27,28,29). The maximum atomic E-state index is 13.1. The summed E-state index contributed by atoms with van der Waals surface area (Å²) in [7, 11) is 1.64. The van der Waals surface area contributed by atoms with Gasteiger partial charge >= 0.3 is 0 Å². The SMILES string of the molecule is CCN(C(=O)c1cc(-c2cnc3n[nH]c(-c4ccccc4OC)c3c2)ccc1N)C(C)C. The number of ether oxygens (including phenoxy) is 1. The molecular formula is C25H27N5O2. The Kier molecular flexibility index (Phi) is 5.81. The molecule has 0 bridgehead atoms. The van der Waals surface area contributed by atoms with Gasteiger partial charge in [0.15, 0.2) is 5.65 Å². The van der Waals surface area contributed by atoms with Gasteiger partial charge in [-0.05, 0) is 56.7 Å². The number of nitrogens with two attached hydrogens (primary N) is 1. The van der Waals surface area contributed by atoms with E-state index in [1.165, 1.54) is 0 Å². The lowest BCUT2D eigenvalue weighted by Crippen LogP contribution is -2.37. The molecule has 0 saturated heterocycles. The second kappa shape index (κ2) is 8.70. The van der Waals surface area contributed by atoms with Crippen LogP contribution in [-0.4, -0.2) is 45.7 Å². The minimum atomic E-state index is -0.0751. The highest BCUT2D eigenvalue weighted by molar-refractivity contribution is 6.01. The number of nitrogens with one attached hydrogen (secondary N) is 1. The number of H-pyrrole nitrogens is 1. The van der Waals surface area contributed by atoms with Crippen molar-refractivity contribution in [3.63, 3.8) is 0 Å². The number of amides is 1. The van der Waals surface area contributed by atoms with Crippen molar-refractivity contribution in [2.75, 3.05) is 19.4 Å². The molecule has 0 fully saturated rings. The number of pyridine rings is 1. The summed E-state index contributed by atoms with van der Waals surface area (Å²) in [6.45, 7) is 6.58. The van der Waals surface area contributed by atoms with E-state index in [4.69, 9.17) is 10.5 Å². The Morgan fingerprint density at radius 1 is 1.16 bits per heavy atom. The van der Waals surface area contributed by atoms with Crippen molar-refractivity contribution < 1.29 is 9.53 Å². The van der Waals surface area contributed by atoms with Gasteiger partial charge in [0.25, 0.3) is 5.91 Å². The molecule has 0 aliphatic heterocycles. The number of fused-ring (bicyclic) bond motifs is 1. The number of nitrogen functional groups attached to an aromatic ring is 1. The fourth-order valence-corrected chi connectivity index (χ4v) is 3.93. The number of carbonyl (C=O) groups is 1. The van der Waals surface area contributed by atoms with Crippen LogP contribution in [-0.2, 0) is 0 Å². The quantitative estimate of drug-likeness (QED) is 0.431. The molecule has 4 aromatic rings. The third-order valence-corrected chi connectivity index (χ3v) is 5.63. The summed E-state index contributed by atoms with van der Waals surface area (Å²) in [6.07, 6.45) is 1.76. The van der Waals surface area contributed by atoms with E-state index in [2.05, 4.69) is 15.2 Å². The maximum absolute atomic E-state index is 13.1. The first-order chi connectivity index (χ1) is 15.4. The second-order valence-corrected chi connectivity index (χ2v) is 7.88. The summed E-state index contributed by atoms with van der Waals surface area (Å²) in [5.74, 6) is 0.672. The Hall–Kier alpha value is -3.87. The summed E-state index contributed by atoms with van der Waals surface area (Å²) in [4.78, 5) is 19.4. The lowest BCUT2D eigenvalue weighted by molar-refractivity contribution is 0.0718. The predicted molar refractivity (Wildman–Crippen MR) is 128 cm³/mol. The van der Waals surface area contributed by atoms with E-state index < -0.39 is 0 Å². The molecule has 2 aromatic carbocycles. The predicted octanol–water partition coefficient (Wildman–Crippen LogP) is 4.75. The van der Waals surface area contributed by atoms with Gasteiger partial charge in [0.2, 0.25) is 0 Å². The lowest BCUT2D eigenvalue weighted by Gasteiger charge is -2.26. The van der Waals surface area contributed by atoms with E-state index in [-0.39, 0.29) is 11.9 Å². The highest BCUT2D eigenvalue weighted by atomic mass is 16.5. The van der Waals surface area contributed by atoms with Gasteiger partial charge in [-0.25, -0.2) is 4.98 Å². The zero-order valence-corrected chi connectivity index (χ0v) is 18.7. The number of methoxy groups -OCH3 is 1. The summed E-state index contributed by atoms with van der Waals surface area (Å²) in [6, 6.07) is 15.4. The molecule has 4 rings (SSSR count). The summed E-state index contributed by atoms with van der Waals surface area (Å²) < 4.78 is 5.52. The molecule has 0 saturated carbocycles. The van der Waals surface area contributed by atoms with Crippen molar-refractivity contribution in [1.82, 2.24) is 20.1 Å². The van der Waals surface area contributed by atoms with Crippen LogP contribution in [0.5, 0.6) is 5.75 Å². The van der Waals surface area contributed by atoms with Crippen molar-refractivity contribution >= 4 is 22.6 Å². The molecule has 7 nitrogen and oxygen atoms in total. The molecule has 32 heavy (non-hydrogen) atoms. The fourth-order valence-electron chi connectivity index (χ4n) is 3.93. The Balaban J connectivity index is 1.80. The average Bonchev–Trinajstić information content (AvgIpc) is 3.22. The Bertz CT molecular complexity index is 1280. The third-order valence-electron chi connectivity index (χ3n) is 5.63. The molecule has 164 valence electrons. The summed E-state index contributed by atoms with van der Waals surface area (Å²) >= 11 is 0. The monoisotopic (exact) mass is 429 g/mol. The smallest absolute Gasteiger partial charge is 0.256 e. The molecule has 3 N–H and O–H groups in total. The van der Waals surface area contributed by atoms with E-state index >= 15 is 0 Å². The number of hydrogen-bond donors (Lipinski definition) is 2. The molecule has 0 atom stereocenters. The number of carbonyl (C=O) groups excluding carboxylic acids is 1. The average molecular weight is 430 g/mol. The molecule has 0 radical (unpaired) electrons. The van der Waals surface area contributed by atoms with Gasteiger partial charge in [0.1, 0.15) is 5.75 Å². The van der Waals surface area contributed by atoms with Crippen LogP contribution in [0, 0.1) is 0 Å². The Labute approximate surface area is 187 Å². The minimum absolute atomic E-state index is 0.0751. The number of benzene rings is 2. The van der Waals surface area contributed by atoms with Crippen LogP contribution >= 0.6 is 0 Å². The highest BCUT2D eigenvalue weighted by Crippen LogP contribution is 2.34. The van der Waals surface area contributed by atoms with Gasteiger partial charge in [-0.2, -0.15) is 5.10 Å². The Morgan fingerprint density at radius 2 is 1.94 bits per heavy atom. The molecule has 0 spiro atoms. The number of aromatic nitrogens is 3. The van der Waals surface area contributed by atoms with Crippen molar-refractivity contribution in [2.45, 2.75) is 26.8 Å². The van der Waals surface area contributed by atoms with Crippen molar-refractivity contribution in [1.29, 1.82) is 0 Å². The van der Waals surface area contributed by atoms with E-state index in [0.717, 1.165) is 33.5 Å². The van der Waals surface area contributed by atoms with Crippen LogP contribution in [0.3, 0.4) is 0 Å². The summed E-state index contributed by atoms with van der Waals surface area (Å²) in [5.41, 5.74) is 11.2. The molecule has 0 aliphatic carbocycles. The normalized spacial score (nSPS) is 11.2. The number of nitrogens with zero attached hydrogens (tertiary/aromatic N) is 3. The molecule has 1 amide bonds. The second-order valence-electron chi connectivity index (χ2n) is 7.88. The molecule has 0 unspecified atom stereocenters. The first kappa shape index (κ1) is 21.4. The van der Waals surface area contributed by atoms with Gasteiger partial charge in [0.05, 0.1) is 18.4 Å². The molecule has 0 aliphatic rings. The van der Waals surface area contributed by atoms with Crippen LogP contribution < -0.4 is 10.5 Å². The lowest BCUT2D eigenvalue weighted by atomic mass is 10.00. The number of hydrogen-bond acceptors (Lipinski definition) is 5. The zero-order chi connectivity index (χ0) is 22.8. The topological polar surface area (TPSA) is 97.1 Å². The van der Waals surface area contributed by atoms with Crippen molar-refractivity contribution in [3.05, 3.63) is 60.3 Å². The van der Waals surface area contributed by atoms with E-state index in [9.17, 15) is 4.79 Å². The number of anilines is 1. The van der Waals surface area contributed by atoms with Crippen molar-refractivity contribution in [2.24, 2.45) is 0 Å². The van der Waals surface area contributed by atoms with Crippen LogP contribution in [0.2, 0.25) is 0 Å². The Morgan fingerprint density at radius 3 is 2.66 bits per heavy atom. The van der Waals surface area contributed by atoms with E-state index in [1.54, 1.807) is 24.3 Å². The molecule has 7 heteroatoms. The van der Waals surface area contributed by atoms with Crippen LogP contribution in [0.4, 0.5) is 5.69 Å². The number of rotatable bonds is 6. The van der Waals surface area contributed by atoms with Gasteiger partial charge < -0.3 is 15.4 Å². The number of para-hydroxylation sites is 1. The van der Waals surface area contributed by atoms with Crippen molar-refractivity contribution in [3.8, 4) is 28.1 Å². The molecule has 2 aromatic heterocycles. The van der Waals surface area contributed by atoms with E-state index in [1.807, 2.05) is 63.2 Å². The van der Waals surface area contributed by atoms with Gasteiger partial charge in [-0.15, -0.1) is 0 Å². The first-order valence-electron chi connectivity index (χ1n) is 10.6. The third kappa shape index (κ3) is 3.77. The zero-order valence-electron chi connectivity index (χ0n) is 18.7. The maximum Gasteiger partial charge on any atom is 0.256 e. The molecular weight excluding hydrogens is 402 g/mol. The van der Waals surface area contributed by atoms with Crippen LogP contribution in [0.1, 0.15) is 31.1 Å².